The molecular weight excluding hydrogens is 386 g/mol. The molecule has 1 aromatic heterocycles. The number of rotatable bonds is 6. The average molecular weight is 405 g/mol. The van der Waals surface area contributed by atoms with E-state index in [2.05, 4.69) is 9.83 Å². The summed E-state index contributed by atoms with van der Waals surface area (Å²) in [7, 11) is 1.58. The van der Waals surface area contributed by atoms with E-state index in [9.17, 15) is 0 Å². The van der Waals surface area contributed by atoms with Crippen molar-refractivity contribution >= 4 is 17.3 Å². The number of nitrogens with zero attached hydrogens (tertiary/aromatic N) is 3. The fourth-order valence-corrected chi connectivity index (χ4v) is 3.08. The second-order valence-electron chi connectivity index (χ2n) is 6.58. The van der Waals surface area contributed by atoms with Crippen molar-refractivity contribution in [3.8, 4) is 17.2 Å². The summed E-state index contributed by atoms with van der Waals surface area (Å²) in [5, 5.41) is 0. The average Bonchev–Trinajstić information content (AvgIpc) is 2.84. The first-order valence-electron chi connectivity index (χ1n) is 9.67. The van der Waals surface area contributed by atoms with E-state index >= 15 is 0 Å². The van der Waals surface area contributed by atoms with Gasteiger partial charge in [-0.1, -0.05) is 79.4 Å². The van der Waals surface area contributed by atoms with Crippen molar-refractivity contribution in [1.82, 2.24) is 4.98 Å². The third-order valence-corrected chi connectivity index (χ3v) is 4.50. The van der Waals surface area contributed by atoms with Crippen molar-refractivity contribution in [2.24, 2.45) is 4.99 Å². The summed E-state index contributed by atoms with van der Waals surface area (Å²) in [4.78, 5) is 12.7. The molecule has 0 saturated heterocycles. The number of aromatic nitrogens is 1. The normalized spacial score (nSPS) is 10.1. The molecule has 0 aliphatic carbocycles. The SMILES string of the molecule is [C-]#[N+]c1cc(Oc2ccccc2OC)cc(N=C(c2ccccc2)c2ccccc2)n1. The molecule has 5 nitrogen and oxygen atoms in total. The maximum atomic E-state index is 7.44. The molecule has 0 aliphatic heterocycles. The summed E-state index contributed by atoms with van der Waals surface area (Å²) in [6.45, 7) is 7.44. The smallest absolute Gasteiger partial charge is 0.275 e. The van der Waals surface area contributed by atoms with E-state index in [1.807, 2.05) is 78.9 Å². The maximum Gasteiger partial charge on any atom is 0.275 e. The molecule has 150 valence electrons. The largest absolute Gasteiger partial charge is 0.493 e. The highest BCUT2D eigenvalue weighted by molar-refractivity contribution is 6.13. The lowest BCUT2D eigenvalue weighted by molar-refractivity contribution is 0.379. The fraction of sp³-hybridized carbons (Fsp3) is 0.0385. The standard InChI is InChI=1S/C26H19N3O2/c1-27-24-17-21(31-23-16-10-9-15-22(23)30-2)18-25(28-24)29-26(19-11-5-3-6-12-19)20-13-7-4-8-14-20/h3-18H,2H3. The molecule has 0 aliphatic rings. The molecule has 0 unspecified atom stereocenters. The lowest BCUT2D eigenvalue weighted by atomic mass is 10.0. The van der Waals surface area contributed by atoms with Gasteiger partial charge in [-0.3, -0.25) is 0 Å². The lowest BCUT2D eigenvalue weighted by Gasteiger charge is -2.10. The number of methoxy groups -OCH3 is 1. The molecule has 0 radical (unpaired) electrons. The van der Waals surface area contributed by atoms with Crippen LogP contribution in [-0.4, -0.2) is 17.8 Å². The van der Waals surface area contributed by atoms with Crippen LogP contribution in [0.2, 0.25) is 0 Å². The van der Waals surface area contributed by atoms with E-state index in [4.69, 9.17) is 21.0 Å². The highest BCUT2D eigenvalue weighted by atomic mass is 16.5. The van der Waals surface area contributed by atoms with Crippen LogP contribution in [0.5, 0.6) is 17.2 Å². The third kappa shape index (κ3) is 4.77. The summed E-state index contributed by atoms with van der Waals surface area (Å²) in [6, 6.07) is 30.4. The van der Waals surface area contributed by atoms with Gasteiger partial charge in [0.2, 0.25) is 0 Å². The second-order valence-corrected chi connectivity index (χ2v) is 6.58. The van der Waals surface area contributed by atoms with E-state index in [1.54, 1.807) is 25.3 Å². The minimum atomic E-state index is 0.201. The monoisotopic (exact) mass is 405 g/mol. The van der Waals surface area contributed by atoms with Crippen molar-refractivity contribution in [3.63, 3.8) is 0 Å². The highest BCUT2D eigenvalue weighted by Crippen LogP contribution is 2.34. The predicted octanol–water partition coefficient (Wildman–Crippen LogP) is 6.60. The molecule has 0 fully saturated rings. The van der Waals surface area contributed by atoms with Crippen molar-refractivity contribution in [3.05, 3.63) is 120 Å². The Hall–Kier alpha value is -4.43. The Labute approximate surface area is 181 Å². The van der Waals surface area contributed by atoms with Crippen molar-refractivity contribution < 1.29 is 9.47 Å². The van der Waals surface area contributed by atoms with E-state index in [0.717, 1.165) is 16.8 Å². The summed E-state index contributed by atoms with van der Waals surface area (Å²) >= 11 is 0. The zero-order chi connectivity index (χ0) is 21.5. The van der Waals surface area contributed by atoms with Crippen LogP contribution in [0.15, 0.2) is 102 Å². The minimum absolute atomic E-state index is 0.201. The van der Waals surface area contributed by atoms with Gasteiger partial charge in [-0.05, 0) is 12.1 Å². The Morgan fingerprint density at radius 3 is 1.97 bits per heavy atom. The Kier molecular flexibility index (Phi) is 6.01. The molecule has 0 spiro atoms. The van der Waals surface area contributed by atoms with Gasteiger partial charge in [0, 0.05) is 23.3 Å². The van der Waals surface area contributed by atoms with Gasteiger partial charge in [-0.15, -0.1) is 4.98 Å². The molecule has 5 heteroatoms. The number of para-hydroxylation sites is 2. The van der Waals surface area contributed by atoms with E-state index in [0.29, 0.717) is 23.1 Å². The van der Waals surface area contributed by atoms with Gasteiger partial charge in [0.15, 0.2) is 11.5 Å². The molecule has 0 atom stereocenters. The van der Waals surface area contributed by atoms with Crippen LogP contribution in [0.1, 0.15) is 11.1 Å². The van der Waals surface area contributed by atoms with Crippen LogP contribution < -0.4 is 9.47 Å². The van der Waals surface area contributed by atoms with Gasteiger partial charge in [0.05, 0.1) is 12.8 Å². The van der Waals surface area contributed by atoms with E-state index in [1.165, 1.54) is 0 Å². The molecule has 4 rings (SSSR count). The van der Waals surface area contributed by atoms with Gasteiger partial charge in [-0.2, -0.15) is 0 Å². The predicted molar refractivity (Wildman–Crippen MR) is 122 cm³/mol. The Morgan fingerprint density at radius 2 is 1.39 bits per heavy atom. The van der Waals surface area contributed by atoms with Crippen LogP contribution in [-0.2, 0) is 0 Å². The van der Waals surface area contributed by atoms with Crippen molar-refractivity contribution in [2.75, 3.05) is 7.11 Å². The topological polar surface area (TPSA) is 48.1 Å². The van der Waals surface area contributed by atoms with E-state index in [-0.39, 0.29) is 5.82 Å². The lowest BCUT2D eigenvalue weighted by Crippen LogP contribution is -2.02. The van der Waals surface area contributed by atoms with Gasteiger partial charge in [-0.25, -0.2) is 4.99 Å². The van der Waals surface area contributed by atoms with Gasteiger partial charge >= 0.3 is 0 Å². The summed E-state index contributed by atoms with van der Waals surface area (Å²) in [5.41, 5.74) is 2.67. The van der Waals surface area contributed by atoms with Crippen LogP contribution in [0, 0.1) is 6.57 Å². The van der Waals surface area contributed by atoms with Crippen LogP contribution in [0.4, 0.5) is 11.6 Å². The molecule has 0 saturated carbocycles. The molecule has 1 heterocycles. The number of hydrogen-bond donors (Lipinski definition) is 0. The number of aliphatic imine (C=N–C) groups is 1. The molecule has 31 heavy (non-hydrogen) atoms. The number of benzene rings is 3. The van der Waals surface area contributed by atoms with Crippen molar-refractivity contribution in [1.29, 1.82) is 0 Å². The molecule has 4 aromatic rings. The molecule has 0 amide bonds. The Morgan fingerprint density at radius 1 is 0.806 bits per heavy atom. The fourth-order valence-electron chi connectivity index (χ4n) is 3.08. The number of pyridine rings is 1. The molecule has 0 bridgehead atoms. The summed E-state index contributed by atoms with van der Waals surface area (Å²) < 4.78 is 11.4. The van der Waals surface area contributed by atoms with Gasteiger partial charge in [0.1, 0.15) is 5.75 Å². The van der Waals surface area contributed by atoms with Crippen molar-refractivity contribution in [2.45, 2.75) is 0 Å². The number of hydrogen-bond acceptors (Lipinski definition) is 4. The third-order valence-electron chi connectivity index (χ3n) is 4.50. The van der Waals surface area contributed by atoms with Crippen LogP contribution in [0.25, 0.3) is 4.85 Å². The molecule has 0 N–H and O–H groups in total. The first-order chi connectivity index (χ1) is 15.3. The maximum absolute atomic E-state index is 7.44. The zero-order valence-electron chi connectivity index (χ0n) is 16.9. The Bertz CT molecular complexity index is 1210. The molecular formula is C26H19N3O2. The second kappa shape index (κ2) is 9.38. The van der Waals surface area contributed by atoms with E-state index < -0.39 is 0 Å². The first kappa shape index (κ1) is 19.9. The minimum Gasteiger partial charge on any atom is -0.493 e. The molecule has 3 aromatic carbocycles. The van der Waals surface area contributed by atoms with Gasteiger partial charge < -0.3 is 14.3 Å². The zero-order valence-corrected chi connectivity index (χ0v) is 16.9. The van der Waals surface area contributed by atoms with Crippen LogP contribution in [0.3, 0.4) is 0 Å². The first-order valence-corrected chi connectivity index (χ1v) is 9.67. The Balaban J connectivity index is 1.80. The van der Waals surface area contributed by atoms with Gasteiger partial charge in [0.25, 0.3) is 11.6 Å². The quantitative estimate of drug-likeness (QED) is 0.268. The van der Waals surface area contributed by atoms with Crippen LogP contribution >= 0.6 is 0 Å². The summed E-state index contributed by atoms with van der Waals surface area (Å²) in [5.74, 6) is 2.20. The summed E-state index contributed by atoms with van der Waals surface area (Å²) in [6.07, 6.45) is 0. The number of ether oxygens (including phenoxy) is 2. The highest BCUT2D eigenvalue weighted by Gasteiger charge is 2.13.